The van der Waals surface area contributed by atoms with Gasteiger partial charge < -0.3 is 19.3 Å². The Hall–Kier alpha value is -1.26. The van der Waals surface area contributed by atoms with Gasteiger partial charge in [0.15, 0.2) is 0 Å². The fourth-order valence-electron chi connectivity index (χ4n) is 1.71. The number of methoxy groups -OCH3 is 3. The highest BCUT2D eigenvalue weighted by Crippen LogP contribution is 2.35. The lowest BCUT2D eigenvalue weighted by Gasteiger charge is -2.23. The van der Waals surface area contributed by atoms with Crippen LogP contribution < -0.4 is 9.47 Å². The second kappa shape index (κ2) is 5.38. The SMILES string of the molecule is COCc1cc(OC)c(C(C)(C)O)cc1OC. The molecule has 0 bridgehead atoms. The second-order valence-electron chi connectivity index (χ2n) is 4.36. The quantitative estimate of drug-likeness (QED) is 0.856. The fraction of sp³-hybridized carbons (Fsp3) is 0.538. The number of aliphatic hydroxyl groups is 1. The van der Waals surface area contributed by atoms with Gasteiger partial charge in [-0.3, -0.25) is 0 Å². The summed E-state index contributed by atoms with van der Waals surface area (Å²) in [5.41, 5.74) is 0.598. The van der Waals surface area contributed by atoms with Crippen LogP contribution >= 0.6 is 0 Å². The van der Waals surface area contributed by atoms with Crippen molar-refractivity contribution < 1.29 is 19.3 Å². The van der Waals surface area contributed by atoms with Crippen molar-refractivity contribution in [1.82, 2.24) is 0 Å². The standard InChI is InChI=1S/C13H20O4/c1-13(2,14)10-7-11(16-4)9(8-15-3)6-12(10)17-5/h6-7,14H,8H2,1-5H3. The van der Waals surface area contributed by atoms with E-state index < -0.39 is 5.60 Å². The Morgan fingerprint density at radius 3 is 2.06 bits per heavy atom. The first-order chi connectivity index (χ1) is 7.93. The normalized spacial score (nSPS) is 11.4. The van der Waals surface area contributed by atoms with Crippen LogP contribution in [0.1, 0.15) is 25.0 Å². The van der Waals surface area contributed by atoms with Gasteiger partial charge in [0.2, 0.25) is 0 Å². The maximum atomic E-state index is 10.1. The highest BCUT2D eigenvalue weighted by atomic mass is 16.5. The van der Waals surface area contributed by atoms with E-state index in [9.17, 15) is 5.11 Å². The van der Waals surface area contributed by atoms with Crippen molar-refractivity contribution in [2.45, 2.75) is 26.1 Å². The summed E-state index contributed by atoms with van der Waals surface area (Å²) in [6.07, 6.45) is 0. The molecule has 4 nitrogen and oxygen atoms in total. The molecule has 0 aliphatic rings. The zero-order valence-corrected chi connectivity index (χ0v) is 11.0. The lowest BCUT2D eigenvalue weighted by molar-refractivity contribution is 0.0752. The van der Waals surface area contributed by atoms with Gasteiger partial charge in [-0.15, -0.1) is 0 Å². The van der Waals surface area contributed by atoms with Gasteiger partial charge >= 0.3 is 0 Å². The Morgan fingerprint density at radius 1 is 1.06 bits per heavy atom. The summed E-state index contributed by atoms with van der Waals surface area (Å²) in [6, 6.07) is 3.61. The number of hydrogen-bond acceptors (Lipinski definition) is 4. The third-order valence-electron chi connectivity index (χ3n) is 2.56. The van der Waals surface area contributed by atoms with Crippen LogP contribution in [0, 0.1) is 0 Å². The molecule has 0 saturated heterocycles. The van der Waals surface area contributed by atoms with Crippen LogP contribution in [0.4, 0.5) is 0 Å². The molecule has 96 valence electrons. The summed E-state index contributed by atoms with van der Waals surface area (Å²) in [5.74, 6) is 1.31. The van der Waals surface area contributed by atoms with E-state index in [0.717, 1.165) is 5.56 Å². The topological polar surface area (TPSA) is 47.9 Å². The average Bonchev–Trinajstić information content (AvgIpc) is 2.27. The summed E-state index contributed by atoms with van der Waals surface area (Å²) in [5, 5.41) is 10.1. The molecule has 1 rings (SSSR count). The maximum absolute atomic E-state index is 10.1. The predicted octanol–water partition coefficient (Wildman–Crippen LogP) is 2.08. The summed E-state index contributed by atoms with van der Waals surface area (Å²) in [6.45, 7) is 3.85. The van der Waals surface area contributed by atoms with Crippen molar-refractivity contribution in [3.05, 3.63) is 23.3 Å². The zero-order chi connectivity index (χ0) is 13.1. The first-order valence-corrected chi connectivity index (χ1v) is 5.40. The van der Waals surface area contributed by atoms with Gasteiger partial charge in [0.1, 0.15) is 11.5 Å². The van der Waals surface area contributed by atoms with Gasteiger partial charge in [-0.25, -0.2) is 0 Å². The van der Waals surface area contributed by atoms with Crippen LogP contribution in [0.2, 0.25) is 0 Å². The summed E-state index contributed by atoms with van der Waals surface area (Å²) in [7, 11) is 4.79. The van der Waals surface area contributed by atoms with E-state index in [1.54, 1.807) is 41.2 Å². The lowest BCUT2D eigenvalue weighted by atomic mass is 9.95. The number of rotatable bonds is 5. The van der Waals surface area contributed by atoms with Crippen LogP contribution in [0.15, 0.2) is 12.1 Å². The smallest absolute Gasteiger partial charge is 0.125 e. The minimum Gasteiger partial charge on any atom is -0.496 e. The Kier molecular flexibility index (Phi) is 4.37. The van der Waals surface area contributed by atoms with Crippen molar-refractivity contribution in [1.29, 1.82) is 0 Å². The maximum Gasteiger partial charge on any atom is 0.125 e. The van der Waals surface area contributed by atoms with Crippen molar-refractivity contribution in [3.63, 3.8) is 0 Å². The van der Waals surface area contributed by atoms with E-state index in [0.29, 0.717) is 23.7 Å². The van der Waals surface area contributed by atoms with Gasteiger partial charge in [0.05, 0.1) is 26.4 Å². The fourth-order valence-corrected chi connectivity index (χ4v) is 1.71. The molecular formula is C13H20O4. The Labute approximate surface area is 102 Å². The van der Waals surface area contributed by atoms with E-state index in [-0.39, 0.29) is 0 Å². The van der Waals surface area contributed by atoms with Gasteiger partial charge in [-0.1, -0.05) is 0 Å². The molecule has 0 heterocycles. The third-order valence-corrected chi connectivity index (χ3v) is 2.56. The van der Waals surface area contributed by atoms with Crippen LogP contribution in [0.5, 0.6) is 11.5 Å². The van der Waals surface area contributed by atoms with E-state index in [1.807, 2.05) is 6.07 Å². The molecular weight excluding hydrogens is 220 g/mol. The average molecular weight is 240 g/mol. The molecule has 1 N–H and O–H groups in total. The number of hydrogen-bond donors (Lipinski definition) is 1. The van der Waals surface area contributed by atoms with Crippen molar-refractivity contribution in [2.75, 3.05) is 21.3 Å². The molecule has 4 heteroatoms. The van der Waals surface area contributed by atoms with Crippen molar-refractivity contribution >= 4 is 0 Å². The number of ether oxygens (including phenoxy) is 3. The molecule has 0 aromatic heterocycles. The molecule has 0 aliphatic carbocycles. The van der Waals surface area contributed by atoms with Crippen LogP contribution in [0.3, 0.4) is 0 Å². The zero-order valence-electron chi connectivity index (χ0n) is 11.0. The molecule has 1 aromatic rings. The van der Waals surface area contributed by atoms with E-state index in [1.165, 1.54) is 0 Å². The Bertz CT molecular complexity index is 380. The van der Waals surface area contributed by atoms with E-state index in [4.69, 9.17) is 14.2 Å². The minimum absolute atomic E-state index is 0.436. The highest BCUT2D eigenvalue weighted by molar-refractivity contribution is 5.48. The minimum atomic E-state index is -0.982. The van der Waals surface area contributed by atoms with Gasteiger partial charge in [-0.05, 0) is 26.0 Å². The largest absolute Gasteiger partial charge is 0.496 e. The number of benzene rings is 1. The molecule has 0 radical (unpaired) electrons. The lowest BCUT2D eigenvalue weighted by Crippen LogP contribution is -2.17. The molecule has 0 aliphatic heterocycles. The summed E-state index contributed by atoms with van der Waals surface area (Å²) in [4.78, 5) is 0. The van der Waals surface area contributed by atoms with Gasteiger partial charge in [0, 0.05) is 18.2 Å². The third kappa shape index (κ3) is 3.11. The van der Waals surface area contributed by atoms with Gasteiger partial charge in [0.25, 0.3) is 0 Å². The molecule has 1 aromatic carbocycles. The van der Waals surface area contributed by atoms with Gasteiger partial charge in [-0.2, -0.15) is 0 Å². The Morgan fingerprint density at radius 2 is 1.65 bits per heavy atom. The first-order valence-electron chi connectivity index (χ1n) is 5.40. The van der Waals surface area contributed by atoms with Crippen LogP contribution in [-0.4, -0.2) is 26.4 Å². The van der Waals surface area contributed by atoms with Crippen molar-refractivity contribution in [3.8, 4) is 11.5 Å². The predicted molar refractivity (Wildman–Crippen MR) is 65.5 cm³/mol. The molecule has 0 fully saturated rings. The molecule has 17 heavy (non-hydrogen) atoms. The summed E-state index contributed by atoms with van der Waals surface area (Å²) >= 11 is 0. The van der Waals surface area contributed by atoms with Crippen LogP contribution in [-0.2, 0) is 16.9 Å². The molecule has 0 atom stereocenters. The summed E-state index contributed by atoms with van der Waals surface area (Å²) < 4.78 is 15.7. The monoisotopic (exact) mass is 240 g/mol. The second-order valence-corrected chi connectivity index (χ2v) is 4.36. The molecule has 0 spiro atoms. The van der Waals surface area contributed by atoms with E-state index >= 15 is 0 Å². The van der Waals surface area contributed by atoms with Crippen LogP contribution in [0.25, 0.3) is 0 Å². The van der Waals surface area contributed by atoms with Crippen molar-refractivity contribution in [2.24, 2.45) is 0 Å². The first kappa shape index (κ1) is 13.8. The molecule has 0 unspecified atom stereocenters. The molecule has 0 saturated carbocycles. The Balaban J connectivity index is 3.33. The van der Waals surface area contributed by atoms with E-state index in [2.05, 4.69) is 0 Å². The highest BCUT2D eigenvalue weighted by Gasteiger charge is 2.23. The molecule has 0 amide bonds.